The van der Waals surface area contributed by atoms with Crippen molar-refractivity contribution < 1.29 is 26.3 Å². The van der Waals surface area contributed by atoms with Gasteiger partial charge in [0.1, 0.15) is 5.82 Å². The standard InChI is InChI=1S/C14H10F6N2/c15-13(16,17)10-5-3-9(4-6-10)8-22-12-11(14(18,19)20)2-1-7-21-12/h1-7H,8H2,(H,21,22). The quantitative estimate of drug-likeness (QED) is 0.827. The summed E-state index contributed by atoms with van der Waals surface area (Å²) in [6, 6.07) is 6.19. The van der Waals surface area contributed by atoms with Crippen LogP contribution in [0.4, 0.5) is 32.2 Å². The molecule has 118 valence electrons. The zero-order valence-corrected chi connectivity index (χ0v) is 11.0. The first-order chi connectivity index (χ1) is 10.2. The molecule has 0 saturated carbocycles. The van der Waals surface area contributed by atoms with Crippen LogP contribution >= 0.6 is 0 Å². The van der Waals surface area contributed by atoms with E-state index < -0.39 is 23.5 Å². The summed E-state index contributed by atoms with van der Waals surface area (Å²) in [5, 5.41) is 2.48. The first-order valence-electron chi connectivity index (χ1n) is 6.10. The summed E-state index contributed by atoms with van der Waals surface area (Å²) >= 11 is 0. The molecule has 1 aromatic heterocycles. The van der Waals surface area contributed by atoms with Gasteiger partial charge in [0, 0.05) is 12.7 Å². The van der Waals surface area contributed by atoms with Gasteiger partial charge in [-0.1, -0.05) is 12.1 Å². The average molecular weight is 320 g/mol. The molecule has 1 heterocycles. The van der Waals surface area contributed by atoms with Gasteiger partial charge >= 0.3 is 12.4 Å². The highest BCUT2D eigenvalue weighted by molar-refractivity contribution is 5.46. The Labute approximate surface area is 121 Å². The van der Waals surface area contributed by atoms with Crippen molar-refractivity contribution >= 4 is 5.82 Å². The Hall–Kier alpha value is -2.25. The lowest BCUT2D eigenvalue weighted by Crippen LogP contribution is -2.12. The Kier molecular flexibility index (Phi) is 4.30. The van der Waals surface area contributed by atoms with E-state index in [1.54, 1.807) is 0 Å². The molecule has 1 N–H and O–H groups in total. The number of pyridine rings is 1. The molecule has 0 aliphatic heterocycles. The van der Waals surface area contributed by atoms with Crippen molar-refractivity contribution in [1.29, 1.82) is 0 Å². The maximum Gasteiger partial charge on any atom is 0.419 e. The third-order valence-corrected chi connectivity index (χ3v) is 2.85. The summed E-state index contributed by atoms with van der Waals surface area (Å²) in [5.41, 5.74) is -1.33. The summed E-state index contributed by atoms with van der Waals surface area (Å²) < 4.78 is 75.5. The fourth-order valence-electron chi connectivity index (χ4n) is 1.77. The van der Waals surface area contributed by atoms with Crippen molar-refractivity contribution in [3.05, 3.63) is 59.3 Å². The van der Waals surface area contributed by atoms with E-state index in [1.165, 1.54) is 18.3 Å². The highest BCUT2D eigenvalue weighted by Gasteiger charge is 2.34. The van der Waals surface area contributed by atoms with Crippen LogP contribution in [-0.2, 0) is 18.9 Å². The minimum atomic E-state index is -4.56. The highest BCUT2D eigenvalue weighted by Crippen LogP contribution is 2.33. The number of benzene rings is 1. The molecule has 1 aromatic carbocycles. The van der Waals surface area contributed by atoms with E-state index in [1.807, 2.05) is 0 Å². The van der Waals surface area contributed by atoms with Crippen LogP contribution in [0.5, 0.6) is 0 Å². The molecular formula is C14H10F6N2. The molecule has 0 amide bonds. The van der Waals surface area contributed by atoms with E-state index >= 15 is 0 Å². The lowest BCUT2D eigenvalue weighted by Gasteiger charge is -2.13. The second-order valence-electron chi connectivity index (χ2n) is 4.45. The number of nitrogens with one attached hydrogen (secondary N) is 1. The third-order valence-electron chi connectivity index (χ3n) is 2.85. The van der Waals surface area contributed by atoms with Gasteiger partial charge in [-0.3, -0.25) is 0 Å². The number of rotatable bonds is 3. The van der Waals surface area contributed by atoms with Gasteiger partial charge in [0.05, 0.1) is 11.1 Å². The van der Waals surface area contributed by atoms with Crippen LogP contribution in [0, 0.1) is 0 Å². The van der Waals surface area contributed by atoms with E-state index in [2.05, 4.69) is 10.3 Å². The van der Waals surface area contributed by atoms with Crippen LogP contribution in [0.25, 0.3) is 0 Å². The molecule has 2 rings (SSSR count). The third kappa shape index (κ3) is 3.90. The zero-order chi connectivity index (χ0) is 16.4. The number of aromatic nitrogens is 1. The van der Waals surface area contributed by atoms with Crippen LogP contribution in [-0.4, -0.2) is 4.98 Å². The number of alkyl halides is 6. The predicted octanol–water partition coefficient (Wildman–Crippen LogP) is 4.73. The van der Waals surface area contributed by atoms with Gasteiger partial charge in [0.25, 0.3) is 0 Å². The van der Waals surface area contributed by atoms with Gasteiger partial charge in [0.2, 0.25) is 0 Å². The number of halogens is 6. The summed E-state index contributed by atoms with van der Waals surface area (Å²) in [5.74, 6) is -0.366. The molecule has 2 nitrogen and oxygen atoms in total. The van der Waals surface area contributed by atoms with Crippen LogP contribution in [0.15, 0.2) is 42.6 Å². The van der Waals surface area contributed by atoms with Crippen molar-refractivity contribution in [2.24, 2.45) is 0 Å². The molecule has 0 aliphatic rings. The normalized spacial score (nSPS) is 12.3. The molecular weight excluding hydrogens is 310 g/mol. The van der Waals surface area contributed by atoms with Gasteiger partial charge in [-0.2, -0.15) is 26.3 Å². The van der Waals surface area contributed by atoms with Crippen LogP contribution in [0.3, 0.4) is 0 Å². The van der Waals surface area contributed by atoms with E-state index in [-0.39, 0.29) is 12.4 Å². The zero-order valence-electron chi connectivity index (χ0n) is 11.0. The lowest BCUT2D eigenvalue weighted by atomic mass is 10.1. The van der Waals surface area contributed by atoms with E-state index in [0.29, 0.717) is 5.56 Å². The van der Waals surface area contributed by atoms with Crippen molar-refractivity contribution in [2.45, 2.75) is 18.9 Å². The van der Waals surface area contributed by atoms with E-state index in [4.69, 9.17) is 0 Å². The molecule has 0 unspecified atom stereocenters. The molecule has 0 aliphatic carbocycles. The second kappa shape index (κ2) is 5.86. The molecule has 0 fully saturated rings. The van der Waals surface area contributed by atoms with Gasteiger partial charge < -0.3 is 5.32 Å². The predicted molar refractivity (Wildman–Crippen MR) is 68.0 cm³/mol. The van der Waals surface area contributed by atoms with Crippen molar-refractivity contribution in [2.75, 3.05) is 5.32 Å². The van der Waals surface area contributed by atoms with E-state index in [9.17, 15) is 26.3 Å². The summed E-state index contributed by atoms with van der Waals surface area (Å²) in [7, 11) is 0. The Bertz CT molecular complexity index is 631. The molecule has 0 spiro atoms. The number of hydrogen-bond acceptors (Lipinski definition) is 2. The monoisotopic (exact) mass is 320 g/mol. The Morgan fingerprint density at radius 1 is 0.864 bits per heavy atom. The van der Waals surface area contributed by atoms with Gasteiger partial charge in [-0.05, 0) is 29.8 Å². The molecule has 0 bridgehead atoms. The van der Waals surface area contributed by atoms with Crippen molar-refractivity contribution in [3.63, 3.8) is 0 Å². The van der Waals surface area contributed by atoms with Gasteiger partial charge in [-0.25, -0.2) is 4.98 Å². The first kappa shape index (κ1) is 16.1. The minimum Gasteiger partial charge on any atom is -0.365 e. The van der Waals surface area contributed by atoms with Gasteiger partial charge in [-0.15, -0.1) is 0 Å². The fraction of sp³-hybridized carbons (Fsp3) is 0.214. The molecule has 0 radical (unpaired) electrons. The summed E-state index contributed by atoms with van der Waals surface area (Å²) in [6.45, 7) is -0.0712. The van der Waals surface area contributed by atoms with E-state index in [0.717, 1.165) is 24.3 Å². The SMILES string of the molecule is FC(F)(F)c1ccc(CNc2ncccc2C(F)(F)F)cc1. The molecule has 22 heavy (non-hydrogen) atoms. The van der Waals surface area contributed by atoms with Crippen LogP contribution in [0.2, 0.25) is 0 Å². The number of nitrogens with zero attached hydrogens (tertiary/aromatic N) is 1. The van der Waals surface area contributed by atoms with Crippen molar-refractivity contribution in [3.8, 4) is 0 Å². The summed E-state index contributed by atoms with van der Waals surface area (Å²) in [6.07, 6.45) is -7.81. The molecule has 0 saturated heterocycles. The molecule has 0 atom stereocenters. The average Bonchev–Trinajstić information content (AvgIpc) is 2.44. The maximum absolute atomic E-state index is 12.8. The first-order valence-corrected chi connectivity index (χ1v) is 6.10. The largest absolute Gasteiger partial charge is 0.419 e. The smallest absolute Gasteiger partial charge is 0.365 e. The number of anilines is 1. The topological polar surface area (TPSA) is 24.9 Å². The highest BCUT2D eigenvalue weighted by atomic mass is 19.4. The Morgan fingerprint density at radius 2 is 1.50 bits per heavy atom. The summed E-state index contributed by atoms with van der Waals surface area (Å²) in [4.78, 5) is 3.61. The Balaban J connectivity index is 2.11. The lowest BCUT2D eigenvalue weighted by molar-refractivity contribution is -0.138. The van der Waals surface area contributed by atoms with Crippen LogP contribution < -0.4 is 5.32 Å². The molecule has 8 heteroatoms. The number of hydrogen-bond donors (Lipinski definition) is 1. The van der Waals surface area contributed by atoms with Crippen molar-refractivity contribution in [1.82, 2.24) is 4.98 Å². The fourth-order valence-corrected chi connectivity index (χ4v) is 1.77. The maximum atomic E-state index is 12.8. The van der Waals surface area contributed by atoms with Crippen LogP contribution in [0.1, 0.15) is 16.7 Å². The minimum absolute atomic E-state index is 0.0712. The molecule has 2 aromatic rings. The second-order valence-corrected chi connectivity index (χ2v) is 4.45. The Morgan fingerprint density at radius 3 is 2.05 bits per heavy atom. The van der Waals surface area contributed by atoms with Gasteiger partial charge in [0.15, 0.2) is 0 Å².